The van der Waals surface area contributed by atoms with E-state index in [9.17, 15) is 0 Å². The zero-order valence-electron chi connectivity index (χ0n) is 11.4. The van der Waals surface area contributed by atoms with Gasteiger partial charge in [0.25, 0.3) is 0 Å². The molecule has 1 aromatic rings. The van der Waals surface area contributed by atoms with Crippen LogP contribution in [0.4, 0.5) is 0 Å². The topological polar surface area (TPSA) is 15.3 Å². The monoisotopic (exact) mass is 300 g/mol. The first-order chi connectivity index (χ1) is 8.72. The molecule has 0 amide bonds. The molecule has 19 heavy (non-hydrogen) atoms. The van der Waals surface area contributed by atoms with Gasteiger partial charge in [-0.2, -0.15) is 0 Å². The van der Waals surface area contributed by atoms with Gasteiger partial charge in [0.15, 0.2) is 0 Å². The standard InChI is InChI=1S/C15H21ClN2.ClH/c1-11-2-3-12(8-14(11)16)9-18-7-5-15-13(10-18)4-6-17-15;/h2-3,8,13,15,17H,4-7,9-10H2,1H3;1H. The summed E-state index contributed by atoms with van der Waals surface area (Å²) in [5.41, 5.74) is 2.51. The van der Waals surface area contributed by atoms with Crippen molar-refractivity contribution in [1.29, 1.82) is 0 Å². The minimum absolute atomic E-state index is 0. The van der Waals surface area contributed by atoms with Gasteiger partial charge in [-0.1, -0.05) is 23.7 Å². The van der Waals surface area contributed by atoms with Crippen molar-refractivity contribution in [2.75, 3.05) is 19.6 Å². The zero-order valence-corrected chi connectivity index (χ0v) is 12.9. The molecule has 0 saturated carbocycles. The highest BCUT2D eigenvalue weighted by molar-refractivity contribution is 6.31. The van der Waals surface area contributed by atoms with Gasteiger partial charge >= 0.3 is 0 Å². The molecule has 0 aliphatic carbocycles. The van der Waals surface area contributed by atoms with Crippen molar-refractivity contribution in [3.05, 3.63) is 34.3 Å². The van der Waals surface area contributed by atoms with Gasteiger partial charge in [-0.05, 0) is 56.0 Å². The molecule has 0 radical (unpaired) electrons. The van der Waals surface area contributed by atoms with Gasteiger partial charge in [-0.3, -0.25) is 4.90 Å². The number of benzene rings is 1. The van der Waals surface area contributed by atoms with E-state index in [4.69, 9.17) is 11.6 Å². The Morgan fingerprint density at radius 1 is 1.37 bits per heavy atom. The van der Waals surface area contributed by atoms with E-state index in [1.807, 2.05) is 0 Å². The van der Waals surface area contributed by atoms with Crippen LogP contribution in [0.2, 0.25) is 5.02 Å². The van der Waals surface area contributed by atoms with Crippen molar-refractivity contribution in [3.63, 3.8) is 0 Å². The Kier molecular flexibility index (Phi) is 5.13. The first-order valence-electron chi connectivity index (χ1n) is 6.93. The summed E-state index contributed by atoms with van der Waals surface area (Å²) in [7, 11) is 0. The zero-order chi connectivity index (χ0) is 12.5. The summed E-state index contributed by atoms with van der Waals surface area (Å²) in [5.74, 6) is 0.861. The Morgan fingerprint density at radius 3 is 3.00 bits per heavy atom. The van der Waals surface area contributed by atoms with Crippen LogP contribution in [0, 0.1) is 12.8 Å². The molecule has 2 nitrogen and oxygen atoms in total. The van der Waals surface area contributed by atoms with E-state index in [2.05, 4.69) is 35.3 Å². The highest BCUT2D eigenvalue weighted by Gasteiger charge is 2.32. The van der Waals surface area contributed by atoms with Crippen molar-refractivity contribution in [1.82, 2.24) is 10.2 Å². The maximum absolute atomic E-state index is 6.19. The summed E-state index contributed by atoms with van der Waals surface area (Å²) >= 11 is 6.19. The number of aryl methyl sites for hydroxylation is 1. The second-order valence-corrected chi connectivity index (χ2v) is 6.12. The van der Waals surface area contributed by atoms with Gasteiger partial charge in [-0.25, -0.2) is 0 Å². The van der Waals surface area contributed by atoms with Gasteiger partial charge in [0.1, 0.15) is 0 Å². The molecule has 0 bridgehead atoms. The van der Waals surface area contributed by atoms with Crippen LogP contribution in [0.1, 0.15) is 24.0 Å². The van der Waals surface area contributed by atoms with Crippen molar-refractivity contribution in [3.8, 4) is 0 Å². The van der Waals surface area contributed by atoms with Crippen molar-refractivity contribution in [2.45, 2.75) is 32.4 Å². The molecule has 0 spiro atoms. The molecule has 2 aliphatic heterocycles. The normalized spacial score (nSPS) is 26.8. The molecule has 0 aromatic heterocycles. The van der Waals surface area contributed by atoms with Gasteiger partial charge in [0, 0.05) is 24.2 Å². The summed E-state index contributed by atoms with van der Waals surface area (Å²) in [6.07, 6.45) is 2.64. The Labute approximate surface area is 126 Å². The number of hydrogen-bond donors (Lipinski definition) is 1. The molecule has 2 atom stereocenters. The first-order valence-corrected chi connectivity index (χ1v) is 7.31. The molecule has 3 rings (SSSR count). The molecular formula is C15H22Cl2N2. The van der Waals surface area contributed by atoms with Crippen molar-refractivity contribution >= 4 is 24.0 Å². The third kappa shape index (κ3) is 3.43. The lowest BCUT2D eigenvalue weighted by molar-refractivity contribution is 0.156. The van der Waals surface area contributed by atoms with E-state index >= 15 is 0 Å². The molecule has 4 heteroatoms. The fourth-order valence-electron chi connectivity index (χ4n) is 3.26. The lowest BCUT2D eigenvalue weighted by atomic mass is 9.93. The average Bonchev–Trinajstić information content (AvgIpc) is 2.81. The Hall–Kier alpha value is -0.280. The van der Waals surface area contributed by atoms with Gasteiger partial charge < -0.3 is 5.32 Å². The maximum atomic E-state index is 6.19. The molecule has 2 unspecified atom stereocenters. The maximum Gasteiger partial charge on any atom is 0.0438 e. The number of piperidine rings is 1. The van der Waals surface area contributed by atoms with Crippen LogP contribution in [0.3, 0.4) is 0 Å². The van der Waals surface area contributed by atoms with E-state index in [1.54, 1.807) is 0 Å². The number of likely N-dealkylation sites (tertiary alicyclic amines) is 1. The third-order valence-electron chi connectivity index (χ3n) is 4.38. The number of rotatable bonds is 2. The van der Waals surface area contributed by atoms with Crippen LogP contribution in [0.25, 0.3) is 0 Å². The van der Waals surface area contributed by atoms with Crippen LogP contribution >= 0.6 is 24.0 Å². The fourth-order valence-corrected chi connectivity index (χ4v) is 3.46. The molecule has 2 fully saturated rings. The highest BCUT2D eigenvalue weighted by atomic mass is 35.5. The number of nitrogens with zero attached hydrogens (tertiary/aromatic N) is 1. The molecular weight excluding hydrogens is 279 g/mol. The first kappa shape index (κ1) is 15.1. The molecule has 2 saturated heterocycles. The molecule has 1 aromatic carbocycles. The number of hydrogen-bond acceptors (Lipinski definition) is 2. The van der Waals surface area contributed by atoms with Gasteiger partial charge in [0.05, 0.1) is 0 Å². The van der Waals surface area contributed by atoms with Gasteiger partial charge in [0.2, 0.25) is 0 Å². The van der Waals surface area contributed by atoms with E-state index in [-0.39, 0.29) is 12.4 Å². The fraction of sp³-hybridized carbons (Fsp3) is 0.600. The quantitative estimate of drug-likeness (QED) is 0.902. The number of halogens is 2. The second kappa shape index (κ2) is 6.45. The van der Waals surface area contributed by atoms with E-state index < -0.39 is 0 Å². The summed E-state index contributed by atoms with van der Waals surface area (Å²) < 4.78 is 0. The Bertz CT molecular complexity index is 436. The summed E-state index contributed by atoms with van der Waals surface area (Å²) in [6.45, 7) is 6.76. The summed E-state index contributed by atoms with van der Waals surface area (Å²) in [5, 5.41) is 4.51. The smallest absolute Gasteiger partial charge is 0.0438 e. The average molecular weight is 301 g/mol. The lowest BCUT2D eigenvalue weighted by Gasteiger charge is -2.34. The lowest BCUT2D eigenvalue weighted by Crippen LogP contribution is -2.43. The van der Waals surface area contributed by atoms with E-state index in [0.29, 0.717) is 0 Å². The predicted molar refractivity (Wildman–Crippen MR) is 83.2 cm³/mol. The summed E-state index contributed by atoms with van der Waals surface area (Å²) in [4.78, 5) is 2.58. The predicted octanol–water partition coefficient (Wildman–Crippen LogP) is 3.25. The minimum Gasteiger partial charge on any atom is -0.314 e. The van der Waals surface area contributed by atoms with Crippen LogP contribution in [-0.2, 0) is 6.54 Å². The second-order valence-electron chi connectivity index (χ2n) is 5.72. The van der Waals surface area contributed by atoms with E-state index in [1.165, 1.54) is 43.6 Å². The summed E-state index contributed by atoms with van der Waals surface area (Å²) in [6, 6.07) is 7.24. The van der Waals surface area contributed by atoms with E-state index in [0.717, 1.165) is 23.5 Å². The SMILES string of the molecule is Cc1ccc(CN2CCC3NCCC3C2)cc1Cl.Cl. The van der Waals surface area contributed by atoms with Crippen LogP contribution < -0.4 is 5.32 Å². The highest BCUT2D eigenvalue weighted by Crippen LogP contribution is 2.26. The largest absolute Gasteiger partial charge is 0.314 e. The number of fused-ring (bicyclic) bond motifs is 1. The van der Waals surface area contributed by atoms with Crippen LogP contribution in [0.5, 0.6) is 0 Å². The molecule has 2 aliphatic rings. The minimum atomic E-state index is 0. The number of nitrogens with one attached hydrogen (secondary N) is 1. The molecule has 2 heterocycles. The van der Waals surface area contributed by atoms with Crippen molar-refractivity contribution in [2.24, 2.45) is 5.92 Å². The Morgan fingerprint density at radius 2 is 2.21 bits per heavy atom. The third-order valence-corrected chi connectivity index (χ3v) is 4.79. The molecule has 1 N–H and O–H groups in total. The molecule has 106 valence electrons. The van der Waals surface area contributed by atoms with Crippen LogP contribution in [0.15, 0.2) is 18.2 Å². The van der Waals surface area contributed by atoms with Crippen LogP contribution in [-0.4, -0.2) is 30.6 Å². The van der Waals surface area contributed by atoms with Gasteiger partial charge in [-0.15, -0.1) is 12.4 Å². The Balaban J connectivity index is 0.00000133. The van der Waals surface area contributed by atoms with Crippen molar-refractivity contribution < 1.29 is 0 Å².